The molecule has 0 spiro atoms. The molecule has 0 saturated carbocycles. The summed E-state index contributed by atoms with van der Waals surface area (Å²) >= 11 is 0. The molecular weight excluding hydrogens is 314 g/mol. The molecule has 1 aliphatic heterocycles. The molecule has 0 aromatic rings. The predicted molar refractivity (Wildman–Crippen MR) is 90.3 cm³/mol. The first-order valence-corrected chi connectivity index (χ1v) is 10.6. The minimum atomic E-state index is -2.19. The van der Waals surface area contributed by atoms with Gasteiger partial charge in [0.2, 0.25) is 5.91 Å². The zero-order valence-electron chi connectivity index (χ0n) is 15.1. The van der Waals surface area contributed by atoms with E-state index in [9.17, 15) is 9.59 Å². The number of primary amides is 1. The first-order valence-electron chi connectivity index (χ1n) is 7.71. The molecule has 132 valence electrons. The summed E-state index contributed by atoms with van der Waals surface area (Å²) in [4.78, 5) is 24.4. The number of hydrogen-bond acceptors (Lipinski definition) is 5. The van der Waals surface area contributed by atoms with Crippen molar-refractivity contribution >= 4 is 20.0 Å². The number of ether oxygens (including phenoxy) is 2. The summed E-state index contributed by atoms with van der Waals surface area (Å²) in [6.07, 6.45) is -1.63. The van der Waals surface area contributed by atoms with Crippen LogP contribution in [0.5, 0.6) is 0 Å². The molecule has 0 radical (unpaired) electrons. The second-order valence-electron chi connectivity index (χ2n) is 7.82. The largest absolute Gasteiger partial charge is 0.403 e. The zero-order valence-corrected chi connectivity index (χ0v) is 16.1. The maximum absolute atomic E-state index is 12.8. The number of ketones is 1. The van der Waals surface area contributed by atoms with Gasteiger partial charge in [0.15, 0.2) is 32.1 Å². The first-order chi connectivity index (χ1) is 10.2. The molecule has 1 saturated heterocycles. The van der Waals surface area contributed by atoms with Crippen LogP contribution in [0.25, 0.3) is 0 Å². The third kappa shape index (κ3) is 4.50. The topological polar surface area (TPSA) is 87.8 Å². The molecule has 0 aliphatic carbocycles. The molecule has 7 heteroatoms. The van der Waals surface area contributed by atoms with Crippen LogP contribution in [-0.2, 0) is 23.5 Å². The van der Waals surface area contributed by atoms with E-state index >= 15 is 0 Å². The van der Waals surface area contributed by atoms with Gasteiger partial charge in [0.1, 0.15) is 6.10 Å². The summed E-state index contributed by atoms with van der Waals surface area (Å²) in [6.45, 7) is 17.3. The number of rotatable bonds is 6. The molecule has 0 unspecified atom stereocenters. The number of hydrogen-bond donors (Lipinski definition) is 1. The molecule has 0 aromatic heterocycles. The highest BCUT2D eigenvalue weighted by Gasteiger charge is 2.50. The number of carbonyl (C=O) groups is 2. The lowest BCUT2D eigenvalue weighted by Crippen LogP contribution is -2.50. The molecule has 1 amide bonds. The third-order valence-corrected chi connectivity index (χ3v) is 8.84. The lowest BCUT2D eigenvalue weighted by Gasteiger charge is -2.38. The van der Waals surface area contributed by atoms with Crippen LogP contribution in [0.15, 0.2) is 12.7 Å². The van der Waals surface area contributed by atoms with Crippen molar-refractivity contribution in [3.63, 3.8) is 0 Å². The van der Waals surface area contributed by atoms with Gasteiger partial charge in [-0.3, -0.25) is 9.59 Å². The van der Waals surface area contributed by atoms with Gasteiger partial charge in [0, 0.05) is 0 Å². The Hall–Kier alpha value is -1.02. The minimum absolute atomic E-state index is 0.0655. The quantitative estimate of drug-likeness (QED) is 0.589. The summed E-state index contributed by atoms with van der Waals surface area (Å²) in [5.74, 6) is -2.17. The molecule has 1 heterocycles. The van der Waals surface area contributed by atoms with Crippen LogP contribution in [0.4, 0.5) is 0 Å². The van der Waals surface area contributed by atoms with E-state index < -0.39 is 38.3 Å². The Morgan fingerprint density at radius 3 is 2.13 bits per heavy atom. The average molecular weight is 343 g/mol. The van der Waals surface area contributed by atoms with Gasteiger partial charge >= 0.3 is 0 Å². The zero-order chi connectivity index (χ0) is 18.2. The van der Waals surface area contributed by atoms with E-state index in [1.807, 2.05) is 13.1 Å². The van der Waals surface area contributed by atoms with Crippen molar-refractivity contribution in [2.75, 3.05) is 0 Å². The second-order valence-corrected chi connectivity index (χ2v) is 12.6. The standard InChI is InChI=1S/C16H29NO5Si/c1-9-10(22-23(7,8)15(2,3)4)11(18)12-13(14(17)19)21-16(5,6)20-12/h9-10,12-13H,1H2,2-8H3,(H2,17,19)/t10-,12+,13-/m0/s1. The number of carbonyl (C=O) groups excluding carboxylic acids is 2. The molecular formula is C16H29NO5Si. The highest BCUT2D eigenvalue weighted by atomic mass is 28.4. The SMILES string of the molecule is C=C[C@H](O[Si](C)(C)C(C)(C)C)C(=O)[C@H]1OC(C)(C)O[C@@H]1C(N)=O. The number of Topliss-reactive ketones (excluding diaryl/α,β-unsaturated/α-hetero) is 1. The Bertz CT molecular complexity index is 495. The molecule has 1 aliphatic rings. The maximum Gasteiger partial charge on any atom is 0.249 e. The fourth-order valence-electron chi connectivity index (χ4n) is 2.06. The van der Waals surface area contributed by atoms with Crippen molar-refractivity contribution in [2.45, 2.75) is 76.8 Å². The predicted octanol–water partition coefficient (Wildman–Crippen LogP) is 2.14. The highest BCUT2D eigenvalue weighted by Crippen LogP contribution is 2.38. The van der Waals surface area contributed by atoms with Gasteiger partial charge in [-0.1, -0.05) is 26.8 Å². The number of amides is 1. The smallest absolute Gasteiger partial charge is 0.249 e. The molecule has 23 heavy (non-hydrogen) atoms. The highest BCUT2D eigenvalue weighted by molar-refractivity contribution is 6.74. The maximum atomic E-state index is 12.8. The Labute approximate surface area is 139 Å². The Morgan fingerprint density at radius 2 is 1.74 bits per heavy atom. The fraction of sp³-hybridized carbons (Fsp3) is 0.750. The van der Waals surface area contributed by atoms with Gasteiger partial charge in [-0.05, 0) is 32.0 Å². The summed E-state index contributed by atoms with van der Waals surface area (Å²) < 4.78 is 17.1. The molecule has 3 atom stereocenters. The van der Waals surface area contributed by atoms with Crippen molar-refractivity contribution in [3.05, 3.63) is 12.7 Å². The molecule has 1 rings (SSSR count). The normalized spacial score (nSPS) is 25.9. The van der Waals surface area contributed by atoms with Crippen molar-refractivity contribution in [2.24, 2.45) is 5.73 Å². The summed E-state index contributed by atoms with van der Waals surface area (Å²) in [5.41, 5.74) is 5.33. The van der Waals surface area contributed by atoms with Gasteiger partial charge in [-0.25, -0.2) is 0 Å². The van der Waals surface area contributed by atoms with E-state index in [-0.39, 0.29) is 10.8 Å². The summed E-state index contributed by atoms with van der Waals surface area (Å²) in [6, 6.07) is 0. The van der Waals surface area contributed by atoms with Crippen LogP contribution in [0.3, 0.4) is 0 Å². The van der Waals surface area contributed by atoms with Gasteiger partial charge in [0.25, 0.3) is 0 Å². The average Bonchev–Trinajstić information content (AvgIpc) is 2.70. The van der Waals surface area contributed by atoms with Crippen molar-refractivity contribution in [1.82, 2.24) is 0 Å². The van der Waals surface area contributed by atoms with E-state index in [0.717, 1.165) is 0 Å². The third-order valence-electron chi connectivity index (χ3n) is 4.38. The van der Waals surface area contributed by atoms with Crippen LogP contribution in [0.1, 0.15) is 34.6 Å². The Morgan fingerprint density at radius 1 is 1.26 bits per heavy atom. The summed E-state index contributed by atoms with van der Waals surface area (Å²) in [5, 5.41) is -0.0655. The van der Waals surface area contributed by atoms with E-state index in [2.05, 4.69) is 27.4 Å². The van der Waals surface area contributed by atoms with Crippen LogP contribution < -0.4 is 5.73 Å². The lowest BCUT2D eigenvalue weighted by molar-refractivity contribution is -0.159. The van der Waals surface area contributed by atoms with Crippen molar-refractivity contribution < 1.29 is 23.5 Å². The van der Waals surface area contributed by atoms with Crippen molar-refractivity contribution in [1.29, 1.82) is 0 Å². The first kappa shape index (κ1) is 20.0. The van der Waals surface area contributed by atoms with E-state index in [0.29, 0.717) is 0 Å². The van der Waals surface area contributed by atoms with E-state index in [4.69, 9.17) is 19.6 Å². The van der Waals surface area contributed by atoms with Gasteiger partial charge in [-0.2, -0.15) is 0 Å². The summed E-state index contributed by atoms with van der Waals surface area (Å²) in [7, 11) is -2.19. The van der Waals surface area contributed by atoms with Crippen LogP contribution >= 0.6 is 0 Å². The minimum Gasteiger partial charge on any atom is -0.403 e. The Balaban J connectivity index is 3.00. The van der Waals surface area contributed by atoms with Crippen molar-refractivity contribution in [3.8, 4) is 0 Å². The number of nitrogens with two attached hydrogens (primary N) is 1. The molecule has 6 nitrogen and oxygen atoms in total. The molecule has 1 fully saturated rings. The molecule has 0 bridgehead atoms. The van der Waals surface area contributed by atoms with Crippen LogP contribution in [-0.4, -0.2) is 44.1 Å². The van der Waals surface area contributed by atoms with Gasteiger partial charge < -0.3 is 19.6 Å². The van der Waals surface area contributed by atoms with E-state index in [1.165, 1.54) is 6.08 Å². The van der Waals surface area contributed by atoms with Gasteiger partial charge in [0.05, 0.1) is 0 Å². The van der Waals surface area contributed by atoms with Crippen LogP contribution in [0.2, 0.25) is 18.1 Å². The molecule has 2 N–H and O–H groups in total. The second kappa shape index (κ2) is 6.47. The molecule has 0 aromatic carbocycles. The van der Waals surface area contributed by atoms with E-state index in [1.54, 1.807) is 13.8 Å². The monoisotopic (exact) mass is 343 g/mol. The fourth-order valence-corrected chi connectivity index (χ4v) is 3.26. The Kier molecular flexibility index (Phi) is 5.63. The van der Waals surface area contributed by atoms with Crippen LogP contribution in [0, 0.1) is 0 Å². The lowest BCUT2D eigenvalue weighted by atomic mass is 10.0. The van der Waals surface area contributed by atoms with Gasteiger partial charge in [-0.15, -0.1) is 6.58 Å².